The van der Waals surface area contributed by atoms with Crippen molar-refractivity contribution in [2.45, 2.75) is 69.9 Å². The highest BCUT2D eigenvalue weighted by molar-refractivity contribution is 7.99. The zero-order valence-electron chi connectivity index (χ0n) is 13.0. The molecule has 0 aromatic carbocycles. The van der Waals surface area contributed by atoms with Crippen LogP contribution in [0.25, 0.3) is 0 Å². The van der Waals surface area contributed by atoms with Crippen molar-refractivity contribution in [3.8, 4) is 0 Å². The van der Waals surface area contributed by atoms with Crippen LogP contribution < -0.4 is 5.73 Å². The van der Waals surface area contributed by atoms with Crippen molar-refractivity contribution in [2.24, 2.45) is 23.5 Å². The van der Waals surface area contributed by atoms with Gasteiger partial charge in [-0.1, -0.05) is 19.8 Å². The van der Waals surface area contributed by atoms with Crippen LogP contribution >= 0.6 is 11.8 Å². The Labute approximate surface area is 128 Å². The fraction of sp³-hybridized carbons (Fsp3) is 1.00. The summed E-state index contributed by atoms with van der Waals surface area (Å²) in [4.78, 5) is 0. The predicted molar refractivity (Wildman–Crippen MR) is 87.1 cm³/mol. The second-order valence-corrected chi connectivity index (χ2v) is 8.72. The molecule has 0 amide bonds. The molecule has 2 saturated heterocycles. The Morgan fingerprint density at radius 2 is 1.75 bits per heavy atom. The van der Waals surface area contributed by atoms with E-state index in [0.717, 1.165) is 18.4 Å². The summed E-state index contributed by atoms with van der Waals surface area (Å²) in [6, 6.07) is 0.429. The smallest absolute Gasteiger partial charge is 0.0701 e. The molecule has 3 fully saturated rings. The molecule has 2 heterocycles. The maximum atomic E-state index is 6.70. The van der Waals surface area contributed by atoms with Gasteiger partial charge in [0.1, 0.15) is 0 Å². The van der Waals surface area contributed by atoms with Crippen LogP contribution in [0.1, 0.15) is 58.3 Å². The summed E-state index contributed by atoms with van der Waals surface area (Å²) in [6.07, 6.45) is 10.5. The molecular weight excluding hydrogens is 266 g/mol. The van der Waals surface area contributed by atoms with Crippen LogP contribution in [-0.4, -0.2) is 29.8 Å². The first kappa shape index (κ1) is 15.2. The molecule has 2 N–H and O–H groups in total. The third-order valence-corrected chi connectivity index (χ3v) is 7.07. The largest absolute Gasteiger partial charge is 0.375 e. The van der Waals surface area contributed by atoms with Gasteiger partial charge >= 0.3 is 0 Å². The first-order valence-electron chi connectivity index (χ1n) is 8.66. The maximum absolute atomic E-state index is 6.70. The van der Waals surface area contributed by atoms with E-state index in [1.165, 1.54) is 62.9 Å². The monoisotopic (exact) mass is 297 g/mol. The van der Waals surface area contributed by atoms with Crippen LogP contribution in [0.3, 0.4) is 0 Å². The van der Waals surface area contributed by atoms with E-state index in [-0.39, 0.29) is 5.60 Å². The van der Waals surface area contributed by atoms with Crippen molar-refractivity contribution in [3.63, 3.8) is 0 Å². The van der Waals surface area contributed by atoms with Crippen molar-refractivity contribution in [3.05, 3.63) is 0 Å². The van der Waals surface area contributed by atoms with Crippen LogP contribution in [0.2, 0.25) is 0 Å². The summed E-state index contributed by atoms with van der Waals surface area (Å²) in [5, 5.41) is 0. The minimum Gasteiger partial charge on any atom is -0.375 e. The number of rotatable bonds is 2. The van der Waals surface area contributed by atoms with Crippen molar-refractivity contribution < 1.29 is 4.74 Å². The summed E-state index contributed by atoms with van der Waals surface area (Å²) in [5.74, 6) is 4.98. The van der Waals surface area contributed by atoms with Crippen molar-refractivity contribution in [2.75, 3.05) is 18.1 Å². The third-order valence-electron chi connectivity index (χ3n) is 6.08. The maximum Gasteiger partial charge on any atom is 0.0701 e. The first-order chi connectivity index (χ1) is 9.69. The Morgan fingerprint density at radius 3 is 2.45 bits per heavy atom. The summed E-state index contributed by atoms with van der Waals surface area (Å²) in [5.41, 5.74) is 6.90. The van der Waals surface area contributed by atoms with Gasteiger partial charge in [-0.25, -0.2) is 0 Å². The average molecular weight is 298 g/mol. The summed E-state index contributed by atoms with van der Waals surface area (Å²) in [6.45, 7) is 3.34. The van der Waals surface area contributed by atoms with E-state index >= 15 is 0 Å². The molecule has 116 valence electrons. The molecule has 0 bridgehead atoms. The second-order valence-electron chi connectivity index (χ2n) is 7.49. The predicted octanol–water partition coefficient (Wildman–Crippen LogP) is 3.83. The van der Waals surface area contributed by atoms with Gasteiger partial charge in [0.05, 0.1) is 5.60 Å². The van der Waals surface area contributed by atoms with Gasteiger partial charge in [0.15, 0.2) is 0 Å². The standard InChI is InChI=1S/C17H31NOS/c1-13-2-4-14(5-3-13)16(18)15-6-9-19-17(12-15)7-10-20-11-8-17/h13-16H,2-12,18H2,1H3. The van der Waals surface area contributed by atoms with Gasteiger partial charge in [0, 0.05) is 12.6 Å². The fourth-order valence-electron chi connectivity index (χ4n) is 4.54. The number of hydrogen-bond donors (Lipinski definition) is 1. The molecule has 2 unspecified atom stereocenters. The first-order valence-corrected chi connectivity index (χ1v) is 9.81. The highest BCUT2D eigenvalue weighted by atomic mass is 32.2. The van der Waals surface area contributed by atoms with Crippen molar-refractivity contribution in [1.82, 2.24) is 0 Å². The lowest BCUT2D eigenvalue weighted by Gasteiger charge is -2.46. The Bertz CT molecular complexity index is 303. The minimum absolute atomic E-state index is 0.202. The van der Waals surface area contributed by atoms with Gasteiger partial charge in [-0.15, -0.1) is 0 Å². The average Bonchev–Trinajstić information content (AvgIpc) is 2.48. The van der Waals surface area contributed by atoms with Crippen molar-refractivity contribution >= 4 is 11.8 Å². The molecule has 0 aromatic heterocycles. The van der Waals surface area contributed by atoms with E-state index < -0.39 is 0 Å². The van der Waals surface area contributed by atoms with Gasteiger partial charge in [0.25, 0.3) is 0 Å². The number of hydrogen-bond acceptors (Lipinski definition) is 3. The van der Waals surface area contributed by atoms with E-state index in [0.29, 0.717) is 12.0 Å². The molecule has 1 spiro atoms. The summed E-state index contributed by atoms with van der Waals surface area (Å²) in [7, 11) is 0. The Balaban J connectivity index is 1.58. The zero-order chi connectivity index (χ0) is 14.0. The molecule has 1 aliphatic carbocycles. The minimum atomic E-state index is 0.202. The topological polar surface area (TPSA) is 35.2 Å². The lowest BCUT2D eigenvalue weighted by Crippen LogP contribution is -2.49. The molecule has 1 saturated carbocycles. The Morgan fingerprint density at radius 1 is 1.05 bits per heavy atom. The SMILES string of the molecule is CC1CCC(C(N)C2CCOC3(CCSCC3)C2)CC1. The summed E-state index contributed by atoms with van der Waals surface area (Å²) < 4.78 is 6.22. The number of nitrogens with two attached hydrogens (primary N) is 1. The van der Waals surface area contributed by atoms with Crippen LogP contribution in [0.15, 0.2) is 0 Å². The van der Waals surface area contributed by atoms with E-state index in [4.69, 9.17) is 10.5 Å². The van der Waals surface area contributed by atoms with Gasteiger partial charge in [0.2, 0.25) is 0 Å². The Hall–Kier alpha value is 0.270. The fourth-order valence-corrected chi connectivity index (χ4v) is 5.78. The van der Waals surface area contributed by atoms with Gasteiger partial charge in [-0.3, -0.25) is 0 Å². The number of thioether (sulfide) groups is 1. The van der Waals surface area contributed by atoms with Crippen LogP contribution in [0, 0.1) is 17.8 Å². The Kier molecular flexibility index (Phi) is 4.99. The normalized spacial score (nSPS) is 39.6. The van der Waals surface area contributed by atoms with Crippen molar-refractivity contribution in [1.29, 1.82) is 0 Å². The molecule has 3 aliphatic rings. The molecule has 2 aliphatic heterocycles. The van der Waals surface area contributed by atoms with E-state index in [1.54, 1.807) is 0 Å². The second kappa shape index (κ2) is 6.58. The molecule has 3 rings (SSSR count). The van der Waals surface area contributed by atoms with Gasteiger partial charge in [-0.2, -0.15) is 11.8 Å². The van der Waals surface area contributed by atoms with E-state index in [2.05, 4.69) is 18.7 Å². The quantitative estimate of drug-likeness (QED) is 0.841. The number of ether oxygens (including phenoxy) is 1. The zero-order valence-corrected chi connectivity index (χ0v) is 13.8. The van der Waals surface area contributed by atoms with Crippen LogP contribution in [0.4, 0.5) is 0 Å². The van der Waals surface area contributed by atoms with Gasteiger partial charge in [-0.05, 0) is 67.8 Å². The summed E-state index contributed by atoms with van der Waals surface area (Å²) >= 11 is 2.09. The van der Waals surface area contributed by atoms with Crippen LogP contribution in [0.5, 0.6) is 0 Å². The van der Waals surface area contributed by atoms with E-state index in [9.17, 15) is 0 Å². The highest BCUT2D eigenvalue weighted by Crippen LogP contribution is 2.43. The molecule has 3 heteroatoms. The van der Waals surface area contributed by atoms with Gasteiger partial charge < -0.3 is 10.5 Å². The molecule has 2 nitrogen and oxygen atoms in total. The van der Waals surface area contributed by atoms with E-state index in [1.807, 2.05) is 0 Å². The molecule has 0 radical (unpaired) electrons. The lowest BCUT2D eigenvalue weighted by molar-refractivity contribution is -0.108. The molecule has 20 heavy (non-hydrogen) atoms. The molecule has 0 aromatic rings. The highest BCUT2D eigenvalue weighted by Gasteiger charge is 2.41. The van der Waals surface area contributed by atoms with Crippen LogP contribution in [-0.2, 0) is 4.74 Å². The third kappa shape index (κ3) is 3.36. The lowest BCUT2D eigenvalue weighted by atomic mass is 9.71. The molecular formula is C17H31NOS. The molecule has 2 atom stereocenters.